The monoisotopic (exact) mass is 334 g/mol. The molecule has 0 bridgehead atoms. The van der Waals surface area contributed by atoms with Gasteiger partial charge in [-0.1, -0.05) is 6.07 Å². The Bertz CT molecular complexity index is 599. The SMILES string of the molecule is CC(C)N1CCN(S(=O)(=O)c2cc(F)ccc2CCl)CC1. The van der Waals surface area contributed by atoms with E-state index in [9.17, 15) is 12.8 Å². The van der Waals surface area contributed by atoms with Gasteiger partial charge in [-0.15, -0.1) is 11.6 Å². The van der Waals surface area contributed by atoms with Crippen LogP contribution < -0.4 is 0 Å². The molecule has 1 fully saturated rings. The molecule has 1 aromatic carbocycles. The molecule has 0 radical (unpaired) electrons. The lowest BCUT2D eigenvalue weighted by Crippen LogP contribution is -2.50. The number of piperazine rings is 1. The summed E-state index contributed by atoms with van der Waals surface area (Å²) in [5.41, 5.74) is 0.435. The minimum atomic E-state index is -3.69. The largest absolute Gasteiger partial charge is 0.298 e. The summed E-state index contributed by atoms with van der Waals surface area (Å²) in [6, 6.07) is 4.11. The van der Waals surface area contributed by atoms with Crippen LogP contribution in [-0.2, 0) is 15.9 Å². The molecule has 0 spiro atoms. The number of alkyl halides is 1. The molecule has 1 heterocycles. The van der Waals surface area contributed by atoms with Crippen LogP contribution in [0, 0.1) is 5.82 Å². The highest BCUT2D eigenvalue weighted by molar-refractivity contribution is 7.89. The van der Waals surface area contributed by atoms with Crippen molar-refractivity contribution >= 4 is 21.6 Å². The van der Waals surface area contributed by atoms with Gasteiger partial charge in [-0.05, 0) is 31.5 Å². The summed E-state index contributed by atoms with van der Waals surface area (Å²) in [5.74, 6) is -0.524. The van der Waals surface area contributed by atoms with Crippen molar-refractivity contribution in [3.05, 3.63) is 29.6 Å². The third-order valence-corrected chi connectivity index (χ3v) is 6.06. The van der Waals surface area contributed by atoms with Gasteiger partial charge >= 0.3 is 0 Å². The molecule has 1 aromatic rings. The number of sulfonamides is 1. The molecular weight excluding hydrogens is 315 g/mol. The van der Waals surface area contributed by atoms with Crippen LogP contribution in [0.15, 0.2) is 23.1 Å². The van der Waals surface area contributed by atoms with Crippen LogP contribution >= 0.6 is 11.6 Å². The molecule has 1 aliphatic rings. The van der Waals surface area contributed by atoms with Gasteiger partial charge in [0.1, 0.15) is 5.82 Å². The van der Waals surface area contributed by atoms with E-state index in [4.69, 9.17) is 11.6 Å². The first-order valence-electron chi connectivity index (χ1n) is 6.95. The van der Waals surface area contributed by atoms with E-state index in [2.05, 4.69) is 18.7 Å². The zero-order chi connectivity index (χ0) is 15.6. The smallest absolute Gasteiger partial charge is 0.243 e. The van der Waals surface area contributed by atoms with E-state index in [1.165, 1.54) is 16.4 Å². The van der Waals surface area contributed by atoms with Crippen molar-refractivity contribution in [1.82, 2.24) is 9.21 Å². The Morgan fingerprint density at radius 1 is 1.24 bits per heavy atom. The molecule has 0 aromatic heterocycles. The van der Waals surface area contributed by atoms with Crippen molar-refractivity contribution in [2.45, 2.75) is 30.7 Å². The number of rotatable bonds is 4. The Morgan fingerprint density at radius 2 is 1.86 bits per heavy atom. The molecule has 0 amide bonds. The van der Waals surface area contributed by atoms with Crippen molar-refractivity contribution in [1.29, 1.82) is 0 Å². The Hall–Kier alpha value is -0.690. The summed E-state index contributed by atoms with van der Waals surface area (Å²) in [6.07, 6.45) is 0. The molecule has 4 nitrogen and oxygen atoms in total. The fourth-order valence-corrected chi connectivity index (χ4v) is 4.45. The summed E-state index contributed by atoms with van der Waals surface area (Å²) in [4.78, 5) is 2.20. The van der Waals surface area contributed by atoms with E-state index in [1.54, 1.807) is 0 Å². The van der Waals surface area contributed by atoms with E-state index < -0.39 is 15.8 Å². The van der Waals surface area contributed by atoms with E-state index >= 15 is 0 Å². The summed E-state index contributed by atoms with van der Waals surface area (Å²) in [5, 5.41) is 0. The molecule has 0 saturated carbocycles. The molecular formula is C14H20ClFN2O2S. The molecule has 0 N–H and O–H groups in total. The average molecular weight is 335 g/mol. The maximum atomic E-state index is 13.4. The van der Waals surface area contributed by atoms with Crippen molar-refractivity contribution < 1.29 is 12.8 Å². The summed E-state index contributed by atoms with van der Waals surface area (Å²) < 4.78 is 40.2. The van der Waals surface area contributed by atoms with Crippen molar-refractivity contribution in [3.63, 3.8) is 0 Å². The normalized spacial score (nSPS) is 18.3. The Balaban J connectivity index is 2.25. The van der Waals surface area contributed by atoms with Gasteiger partial charge in [0.15, 0.2) is 0 Å². The molecule has 0 aliphatic carbocycles. The second-order valence-electron chi connectivity index (χ2n) is 5.42. The van der Waals surface area contributed by atoms with Crippen LogP contribution in [-0.4, -0.2) is 49.8 Å². The van der Waals surface area contributed by atoms with Gasteiger partial charge in [0.25, 0.3) is 0 Å². The first kappa shape index (κ1) is 16.7. The highest BCUT2D eigenvalue weighted by Crippen LogP contribution is 2.24. The summed E-state index contributed by atoms with van der Waals surface area (Å²) >= 11 is 5.78. The van der Waals surface area contributed by atoms with Gasteiger partial charge in [-0.3, -0.25) is 4.90 Å². The van der Waals surface area contributed by atoms with Crippen LogP contribution in [0.1, 0.15) is 19.4 Å². The first-order valence-corrected chi connectivity index (χ1v) is 8.92. The zero-order valence-electron chi connectivity index (χ0n) is 12.2. The van der Waals surface area contributed by atoms with Crippen LogP contribution in [0.3, 0.4) is 0 Å². The quantitative estimate of drug-likeness (QED) is 0.793. The van der Waals surface area contributed by atoms with Gasteiger partial charge in [-0.2, -0.15) is 4.31 Å². The zero-order valence-corrected chi connectivity index (χ0v) is 13.8. The highest BCUT2D eigenvalue weighted by atomic mass is 35.5. The van der Waals surface area contributed by atoms with Crippen molar-refractivity contribution in [2.24, 2.45) is 0 Å². The minimum Gasteiger partial charge on any atom is -0.298 e. The van der Waals surface area contributed by atoms with Gasteiger partial charge in [-0.25, -0.2) is 12.8 Å². The predicted octanol–water partition coefficient (Wildman–Crippen LogP) is 2.28. The van der Waals surface area contributed by atoms with Crippen LogP contribution in [0.5, 0.6) is 0 Å². The number of hydrogen-bond donors (Lipinski definition) is 0. The molecule has 7 heteroatoms. The lowest BCUT2D eigenvalue weighted by Gasteiger charge is -2.36. The topological polar surface area (TPSA) is 40.6 Å². The molecule has 2 rings (SSSR count). The highest BCUT2D eigenvalue weighted by Gasteiger charge is 2.30. The molecule has 0 atom stereocenters. The van der Waals surface area contributed by atoms with Gasteiger partial charge in [0.2, 0.25) is 10.0 Å². The maximum Gasteiger partial charge on any atom is 0.243 e. The third kappa shape index (κ3) is 3.56. The molecule has 1 saturated heterocycles. The third-order valence-electron chi connectivity index (χ3n) is 3.79. The van der Waals surface area contributed by atoms with Gasteiger partial charge in [0.05, 0.1) is 4.90 Å². The minimum absolute atomic E-state index is 0.0181. The van der Waals surface area contributed by atoms with E-state index in [1.807, 2.05) is 0 Å². The number of halogens is 2. The fraction of sp³-hybridized carbons (Fsp3) is 0.571. The van der Waals surface area contributed by atoms with E-state index in [0.29, 0.717) is 37.8 Å². The Kier molecular flexibility index (Phi) is 5.24. The lowest BCUT2D eigenvalue weighted by atomic mass is 10.2. The summed E-state index contributed by atoms with van der Waals surface area (Å²) in [6.45, 7) is 6.37. The second kappa shape index (κ2) is 6.60. The number of hydrogen-bond acceptors (Lipinski definition) is 3. The molecule has 118 valence electrons. The average Bonchev–Trinajstić information content (AvgIpc) is 2.47. The second-order valence-corrected chi connectivity index (χ2v) is 7.59. The number of nitrogens with zero attached hydrogens (tertiary/aromatic N) is 2. The Morgan fingerprint density at radius 3 is 2.38 bits per heavy atom. The predicted molar refractivity (Wildman–Crippen MR) is 81.4 cm³/mol. The molecule has 1 aliphatic heterocycles. The van der Waals surface area contributed by atoms with Gasteiger partial charge < -0.3 is 0 Å². The van der Waals surface area contributed by atoms with Crippen LogP contribution in [0.25, 0.3) is 0 Å². The first-order chi connectivity index (χ1) is 9.86. The lowest BCUT2D eigenvalue weighted by molar-refractivity contribution is 0.154. The number of benzene rings is 1. The van der Waals surface area contributed by atoms with Gasteiger partial charge in [0, 0.05) is 38.1 Å². The van der Waals surface area contributed by atoms with Crippen molar-refractivity contribution in [2.75, 3.05) is 26.2 Å². The van der Waals surface area contributed by atoms with E-state index in [-0.39, 0.29) is 10.8 Å². The molecule has 21 heavy (non-hydrogen) atoms. The molecule has 0 unspecified atom stereocenters. The fourth-order valence-electron chi connectivity index (χ4n) is 2.48. The summed E-state index contributed by atoms with van der Waals surface area (Å²) in [7, 11) is -3.69. The van der Waals surface area contributed by atoms with E-state index in [0.717, 1.165) is 6.07 Å². The maximum absolute atomic E-state index is 13.4. The Labute approximate surface area is 130 Å². The van der Waals surface area contributed by atoms with Crippen LogP contribution in [0.4, 0.5) is 4.39 Å². The van der Waals surface area contributed by atoms with Crippen molar-refractivity contribution in [3.8, 4) is 0 Å². The van der Waals surface area contributed by atoms with Crippen LogP contribution in [0.2, 0.25) is 0 Å². The standard InChI is InChI=1S/C14H20ClFN2O2S/c1-11(2)17-5-7-18(8-6-17)21(19,20)14-9-13(16)4-3-12(14)10-15/h3-4,9,11H,5-8,10H2,1-2H3.